The second kappa shape index (κ2) is 16.5. The fourth-order valence-electron chi connectivity index (χ4n) is 2.48. The lowest BCUT2D eigenvalue weighted by Crippen LogP contribution is -2.32. The minimum atomic E-state index is -1.08. The van der Waals surface area contributed by atoms with Crippen LogP contribution in [0.15, 0.2) is 17.2 Å². The number of hydrogen-bond acceptors (Lipinski definition) is 10. The highest BCUT2D eigenvalue weighted by Gasteiger charge is 2.23. The molecule has 0 saturated carbocycles. The minimum Gasteiger partial charge on any atom is -0.493 e. The Kier molecular flexibility index (Phi) is 13.9. The van der Waals surface area contributed by atoms with Crippen LogP contribution < -0.4 is 14.8 Å². The molecule has 1 aromatic carbocycles. The molecule has 1 amide bonds. The van der Waals surface area contributed by atoms with Gasteiger partial charge in [-0.05, 0) is 18.5 Å². The van der Waals surface area contributed by atoms with Crippen LogP contribution in [0.5, 0.6) is 11.5 Å². The molecule has 1 rings (SSSR count). The maximum atomic E-state index is 11.9. The van der Waals surface area contributed by atoms with Crippen molar-refractivity contribution in [3.8, 4) is 11.5 Å². The zero-order valence-electron chi connectivity index (χ0n) is 18.6. The second-order valence-corrected chi connectivity index (χ2v) is 6.43. The molecule has 2 N–H and O–H groups in total. The molecule has 0 aliphatic carbocycles. The summed E-state index contributed by atoms with van der Waals surface area (Å²) in [7, 11) is 1.35. The number of benzene rings is 1. The van der Waals surface area contributed by atoms with E-state index in [9.17, 15) is 20.0 Å². The Bertz CT molecular complexity index is 800. The molecule has 33 heavy (non-hydrogen) atoms. The third-order valence-corrected chi connectivity index (χ3v) is 4.03. The average Bonchev–Trinajstić information content (AvgIpc) is 2.79. The van der Waals surface area contributed by atoms with Crippen molar-refractivity contribution in [1.29, 1.82) is 0 Å². The number of azide groups is 1. The van der Waals surface area contributed by atoms with E-state index in [1.165, 1.54) is 20.1 Å². The zero-order valence-corrected chi connectivity index (χ0v) is 18.6. The molecule has 0 fully saturated rings. The Morgan fingerprint density at radius 1 is 1.18 bits per heavy atom. The van der Waals surface area contributed by atoms with Gasteiger partial charge in [-0.15, -0.1) is 0 Å². The molecule has 0 spiro atoms. The molecule has 1 unspecified atom stereocenters. The van der Waals surface area contributed by atoms with E-state index in [2.05, 4.69) is 15.3 Å². The van der Waals surface area contributed by atoms with E-state index < -0.39 is 16.9 Å². The van der Waals surface area contributed by atoms with Gasteiger partial charge in [-0.2, -0.15) is 0 Å². The molecular formula is C19H29N5O9. The summed E-state index contributed by atoms with van der Waals surface area (Å²) in [6.07, 6.45) is -1.08. The lowest BCUT2D eigenvalue weighted by molar-refractivity contribution is -0.386. The fraction of sp³-hybridized carbons (Fsp3) is 0.632. The number of nitro benzene ring substituents is 1. The molecule has 1 aromatic rings. The number of aliphatic hydroxyl groups is 1. The van der Waals surface area contributed by atoms with E-state index in [4.69, 9.17) is 29.2 Å². The second-order valence-electron chi connectivity index (χ2n) is 6.43. The summed E-state index contributed by atoms with van der Waals surface area (Å²) >= 11 is 0. The molecule has 0 aliphatic rings. The molecule has 0 bridgehead atoms. The largest absolute Gasteiger partial charge is 0.493 e. The normalized spacial score (nSPS) is 11.4. The van der Waals surface area contributed by atoms with E-state index in [0.29, 0.717) is 33.0 Å². The molecule has 14 heteroatoms. The summed E-state index contributed by atoms with van der Waals surface area (Å²) in [6, 6.07) is 2.42. The van der Waals surface area contributed by atoms with Crippen LogP contribution in [-0.4, -0.2) is 82.4 Å². The molecular weight excluding hydrogens is 442 g/mol. The standard InChI is InChI=1S/C19H29N5O9/c1-14(25)15-11-17(29-2)18(12-16(15)24(27)28)33-13-19(26)21-3-5-30-7-9-32-10-8-31-6-4-22-23-20/h11-12,14,25H,3-10,13H2,1-2H3,(H,21,26). The Morgan fingerprint density at radius 3 is 2.39 bits per heavy atom. The van der Waals surface area contributed by atoms with Crippen LogP contribution in [0.3, 0.4) is 0 Å². The number of ether oxygens (including phenoxy) is 5. The van der Waals surface area contributed by atoms with Gasteiger partial charge in [0.05, 0.1) is 69.4 Å². The summed E-state index contributed by atoms with van der Waals surface area (Å²) in [6.45, 7) is 3.58. The summed E-state index contributed by atoms with van der Waals surface area (Å²) in [5.41, 5.74) is 7.84. The highest BCUT2D eigenvalue weighted by atomic mass is 16.6. The maximum absolute atomic E-state index is 11.9. The van der Waals surface area contributed by atoms with Crippen molar-refractivity contribution in [2.75, 3.05) is 66.4 Å². The smallest absolute Gasteiger partial charge is 0.279 e. The van der Waals surface area contributed by atoms with Crippen molar-refractivity contribution in [3.05, 3.63) is 38.3 Å². The van der Waals surface area contributed by atoms with Crippen LogP contribution in [0.1, 0.15) is 18.6 Å². The van der Waals surface area contributed by atoms with Crippen LogP contribution in [0.4, 0.5) is 5.69 Å². The van der Waals surface area contributed by atoms with E-state index in [-0.39, 0.29) is 49.1 Å². The van der Waals surface area contributed by atoms with Crippen molar-refractivity contribution in [1.82, 2.24) is 5.32 Å². The van der Waals surface area contributed by atoms with Gasteiger partial charge in [-0.1, -0.05) is 5.11 Å². The number of carbonyl (C=O) groups is 1. The summed E-state index contributed by atoms with van der Waals surface area (Å²) in [5.74, 6) is -0.273. The topological polar surface area (TPSA) is 187 Å². The summed E-state index contributed by atoms with van der Waals surface area (Å²) in [5, 5.41) is 26.9. The fourth-order valence-corrected chi connectivity index (χ4v) is 2.48. The number of carbonyl (C=O) groups excluding carboxylic acids is 1. The Hall–Kier alpha value is -3.16. The molecule has 0 heterocycles. The van der Waals surface area contributed by atoms with Crippen LogP contribution in [0.25, 0.3) is 10.4 Å². The van der Waals surface area contributed by atoms with Crippen molar-refractivity contribution >= 4 is 11.6 Å². The first kappa shape index (κ1) is 27.9. The zero-order chi connectivity index (χ0) is 24.5. The molecule has 1 atom stereocenters. The van der Waals surface area contributed by atoms with Gasteiger partial charge in [0.2, 0.25) is 0 Å². The first-order chi connectivity index (χ1) is 15.9. The first-order valence-electron chi connectivity index (χ1n) is 10.1. The van der Waals surface area contributed by atoms with Crippen LogP contribution in [-0.2, 0) is 19.0 Å². The van der Waals surface area contributed by atoms with Crippen molar-refractivity contribution in [3.63, 3.8) is 0 Å². The molecule has 0 radical (unpaired) electrons. The van der Waals surface area contributed by atoms with Gasteiger partial charge in [0.15, 0.2) is 18.1 Å². The van der Waals surface area contributed by atoms with Gasteiger partial charge in [0.1, 0.15) is 0 Å². The molecule has 0 aliphatic heterocycles. The van der Waals surface area contributed by atoms with Gasteiger partial charge in [0, 0.05) is 18.0 Å². The quantitative estimate of drug-likeness (QED) is 0.0798. The molecule has 14 nitrogen and oxygen atoms in total. The SMILES string of the molecule is COc1cc(C(C)O)c([N+](=O)[O-])cc1OCC(=O)NCCOCCOCCOCCN=[N+]=[N-]. The Balaban J connectivity index is 2.24. The third-order valence-electron chi connectivity index (χ3n) is 4.03. The average molecular weight is 471 g/mol. The highest BCUT2D eigenvalue weighted by Crippen LogP contribution is 2.37. The van der Waals surface area contributed by atoms with Crippen LogP contribution in [0, 0.1) is 10.1 Å². The Morgan fingerprint density at radius 2 is 1.82 bits per heavy atom. The molecule has 184 valence electrons. The van der Waals surface area contributed by atoms with Gasteiger partial charge < -0.3 is 34.1 Å². The third kappa shape index (κ3) is 11.3. The first-order valence-corrected chi connectivity index (χ1v) is 10.1. The summed E-state index contributed by atoms with van der Waals surface area (Å²) < 4.78 is 26.3. The number of amides is 1. The van der Waals surface area contributed by atoms with E-state index >= 15 is 0 Å². The predicted molar refractivity (Wildman–Crippen MR) is 115 cm³/mol. The van der Waals surface area contributed by atoms with Gasteiger partial charge in [0.25, 0.3) is 11.6 Å². The number of nitrogens with one attached hydrogen (secondary N) is 1. The Labute approximate surface area is 190 Å². The molecule has 0 saturated heterocycles. The van der Waals surface area contributed by atoms with Crippen molar-refractivity contribution in [2.24, 2.45) is 5.11 Å². The molecule has 0 aromatic heterocycles. The number of nitro groups is 1. The lowest BCUT2D eigenvalue weighted by Gasteiger charge is -2.14. The number of hydrogen-bond donors (Lipinski definition) is 2. The number of nitrogens with zero attached hydrogens (tertiary/aromatic N) is 4. The van der Waals surface area contributed by atoms with E-state index in [1.54, 1.807) is 0 Å². The number of rotatable bonds is 18. The van der Waals surface area contributed by atoms with Gasteiger partial charge in [-0.3, -0.25) is 14.9 Å². The van der Waals surface area contributed by atoms with E-state index in [0.717, 1.165) is 6.07 Å². The minimum absolute atomic E-state index is 0.0129. The predicted octanol–water partition coefficient (Wildman–Crippen LogP) is 1.51. The van der Waals surface area contributed by atoms with E-state index in [1.807, 2.05) is 0 Å². The number of methoxy groups -OCH3 is 1. The number of aliphatic hydroxyl groups excluding tert-OH is 1. The van der Waals surface area contributed by atoms with Gasteiger partial charge >= 0.3 is 0 Å². The van der Waals surface area contributed by atoms with Crippen LogP contribution in [0.2, 0.25) is 0 Å². The van der Waals surface area contributed by atoms with Crippen molar-refractivity contribution in [2.45, 2.75) is 13.0 Å². The monoisotopic (exact) mass is 471 g/mol. The summed E-state index contributed by atoms with van der Waals surface area (Å²) in [4.78, 5) is 25.1. The lowest BCUT2D eigenvalue weighted by atomic mass is 10.1. The maximum Gasteiger partial charge on any atom is 0.279 e. The van der Waals surface area contributed by atoms with Crippen LogP contribution >= 0.6 is 0 Å². The van der Waals surface area contributed by atoms with Crippen molar-refractivity contribution < 1.29 is 38.5 Å². The van der Waals surface area contributed by atoms with Gasteiger partial charge in [-0.25, -0.2) is 0 Å². The highest BCUT2D eigenvalue weighted by molar-refractivity contribution is 5.77.